The van der Waals surface area contributed by atoms with Gasteiger partial charge < -0.3 is 16.2 Å². The van der Waals surface area contributed by atoms with Gasteiger partial charge in [0.25, 0.3) is 0 Å². The number of benzene rings is 1. The highest BCUT2D eigenvalue weighted by molar-refractivity contribution is 5.36. The Morgan fingerprint density at radius 3 is 2.42 bits per heavy atom. The van der Waals surface area contributed by atoms with Crippen molar-refractivity contribution < 1.29 is 4.74 Å². The van der Waals surface area contributed by atoms with E-state index < -0.39 is 6.17 Å². The normalized spacial score (nSPS) is 10.4. The molecule has 0 aliphatic carbocycles. The fourth-order valence-corrected chi connectivity index (χ4v) is 1.11. The molecule has 0 aliphatic heterocycles. The molecule has 4 N–H and O–H groups in total. The maximum absolute atomic E-state index is 5.51. The first-order valence-corrected chi connectivity index (χ1v) is 3.81. The summed E-state index contributed by atoms with van der Waals surface area (Å²) in [6.07, 6.45) is -0.408. The third kappa shape index (κ3) is 1.75. The SMILES string of the molecule is COc1ccc(C(N)N)cc1C. The lowest BCUT2D eigenvalue weighted by Crippen LogP contribution is -2.19. The standard InChI is InChI=1S/C9H14N2O/c1-6-5-7(9(10)11)3-4-8(6)12-2/h3-5,9H,10-11H2,1-2H3. The van der Waals surface area contributed by atoms with Crippen molar-refractivity contribution in [3.05, 3.63) is 29.3 Å². The van der Waals surface area contributed by atoms with E-state index in [-0.39, 0.29) is 0 Å². The Morgan fingerprint density at radius 1 is 1.33 bits per heavy atom. The van der Waals surface area contributed by atoms with Gasteiger partial charge in [-0.15, -0.1) is 0 Å². The summed E-state index contributed by atoms with van der Waals surface area (Å²) in [5, 5.41) is 0. The van der Waals surface area contributed by atoms with Crippen LogP contribution in [0.25, 0.3) is 0 Å². The highest BCUT2D eigenvalue weighted by atomic mass is 16.5. The van der Waals surface area contributed by atoms with E-state index >= 15 is 0 Å². The van der Waals surface area contributed by atoms with Crippen molar-refractivity contribution >= 4 is 0 Å². The van der Waals surface area contributed by atoms with E-state index in [2.05, 4.69) is 0 Å². The van der Waals surface area contributed by atoms with Crippen LogP contribution in [0, 0.1) is 6.92 Å². The Balaban J connectivity index is 3.02. The Hall–Kier alpha value is -1.06. The molecule has 0 bridgehead atoms. The minimum absolute atomic E-state index is 0.408. The first-order chi connectivity index (χ1) is 5.65. The van der Waals surface area contributed by atoms with Gasteiger partial charge in [0.1, 0.15) is 5.75 Å². The van der Waals surface area contributed by atoms with Crippen LogP contribution in [-0.2, 0) is 0 Å². The smallest absolute Gasteiger partial charge is 0.121 e. The molecule has 0 spiro atoms. The van der Waals surface area contributed by atoms with Crippen molar-refractivity contribution in [2.75, 3.05) is 7.11 Å². The maximum atomic E-state index is 5.51. The van der Waals surface area contributed by atoms with Gasteiger partial charge in [-0.25, -0.2) is 0 Å². The van der Waals surface area contributed by atoms with Crippen molar-refractivity contribution in [1.29, 1.82) is 0 Å². The molecule has 0 amide bonds. The molecule has 3 nitrogen and oxygen atoms in total. The molecule has 3 heteroatoms. The highest BCUT2D eigenvalue weighted by Crippen LogP contribution is 2.19. The number of hydrogen-bond acceptors (Lipinski definition) is 3. The van der Waals surface area contributed by atoms with Gasteiger partial charge in [-0.1, -0.05) is 6.07 Å². The zero-order valence-corrected chi connectivity index (χ0v) is 7.37. The van der Waals surface area contributed by atoms with Gasteiger partial charge in [0, 0.05) is 0 Å². The Bertz CT molecular complexity index is 271. The van der Waals surface area contributed by atoms with Crippen molar-refractivity contribution in [2.24, 2.45) is 11.5 Å². The molecule has 66 valence electrons. The van der Waals surface area contributed by atoms with E-state index in [1.54, 1.807) is 7.11 Å². The van der Waals surface area contributed by atoms with Crippen LogP contribution >= 0.6 is 0 Å². The summed E-state index contributed by atoms with van der Waals surface area (Å²) in [6, 6.07) is 5.68. The predicted octanol–water partition coefficient (Wildman–Crippen LogP) is 0.920. The van der Waals surface area contributed by atoms with Gasteiger partial charge in [0.05, 0.1) is 13.3 Å². The lowest BCUT2D eigenvalue weighted by molar-refractivity contribution is 0.411. The van der Waals surface area contributed by atoms with Gasteiger partial charge in [-0.2, -0.15) is 0 Å². The van der Waals surface area contributed by atoms with E-state index in [1.165, 1.54) is 0 Å². The fourth-order valence-electron chi connectivity index (χ4n) is 1.11. The molecule has 0 radical (unpaired) electrons. The highest BCUT2D eigenvalue weighted by Gasteiger charge is 2.02. The largest absolute Gasteiger partial charge is 0.496 e. The van der Waals surface area contributed by atoms with Crippen LogP contribution in [0.4, 0.5) is 0 Å². The number of aryl methyl sites for hydroxylation is 1. The molecule has 1 rings (SSSR count). The second kappa shape index (κ2) is 3.56. The number of nitrogens with two attached hydrogens (primary N) is 2. The molecular formula is C9H14N2O. The van der Waals surface area contributed by atoms with Gasteiger partial charge >= 0.3 is 0 Å². The zero-order chi connectivity index (χ0) is 9.14. The predicted molar refractivity (Wildman–Crippen MR) is 48.8 cm³/mol. The average Bonchev–Trinajstić information content (AvgIpc) is 2.04. The minimum atomic E-state index is -0.408. The first-order valence-electron chi connectivity index (χ1n) is 3.81. The van der Waals surface area contributed by atoms with Gasteiger partial charge in [-0.05, 0) is 30.2 Å². The lowest BCUT2D eigenvalue weighted by atomic mass is 10.1. The van der Waals surface area contributed by atoms with Crippen molar-refractivity contribution in [1.82, 2.24) is 0 Å². The summed E-state index contributed by atoms with van der Waals surface area (Å²) in [7, 11) is 1.64. The molecule has 1 aromatic carbocycles. The lowest BCUT2D eigenvalue weighted by Gasteiger charge is -2.09. The topological polar surface area (TPSA) is 61.3 Å². The minimum Gasteiger partial charge on any atom is -0.496 e. The molecule has 0 aromatic heterocycles. The van der Waals surface area contributed by atoms with Crippen LogP contribution in [0.3, 0.4) is 0 Å². The third-order valence-electron chi connectivity index (χ3n) is 1.80. The average molecular weight is 166 g/mol. The van der Waals surface area contributed by atoms with Crippen LogP contribution in [-0.4, -0.2) is 7.11 Å². The summed E-state index contributed by atoms with van der Waals surface area (Å²) < 4.78 is 5.10. The van der Waals surface area contributed by atoms with Crippen molar-refractivity contribution in [3.8, 4) is 5.75 Å². The molecule has 12 heavy (non-hydrogen) atoms. The number of methoxy groups -OCH3 is 1. The summed E-state index contributed by atoms with van der Waals surface area (Å²) in [6.45, 7) is 1.96. The molecule has 0 heterocycles. The van der Waals surface area contributed by atoms with Crippen LogP contribution in [0.2, 0.25) is 0 Å². The van der Waals surface area contributed by atoms with E-state index in [4.69, 9.17) is 16.2 Å². The number of hydrogen-bond donors (Lipinski definition) is 2. The van der Waals surface area contributed by atoms with Gasteiger partial charge in [0.2, 0.25) is 0 Å². The maximum Gasteiger partial charge on any atom is 0.121 e. The van der Waals surface area contributed by atoms with Crippen LogP contribution < -0.4 is 16.2 Å². The Kier molecular flexibility index (Phi) is 2.68. The second-order valence-electron chi connectivity index (χ2n) is 2.75. The summed E-state index contributed by atoms with van der Waals surface area (Å²) in [5.74, 6) is 0.861. The molecule has 0 unspecified atom stereocenters. The summed E-state index contributed by atoms with van der Waals surface area (Å²) in [5.41, 5.74) is 13.0. The van der Waals surface area contributed by atoms with E-state index in [0.29, 0.717) is 0 Å². The molecule has 0 fully saturated rings. The molecular weight excluding hydrogens is 152 g/mol. The third-order valence-corrected chi connectivity index (χ3v) is 1.80. The quantitative estimate of drug-likeness (QED) is 0.642. The Labute approximate surface area is 72.3 Å². The monoisotopic (exact) mass is 166 g/mol. The first kappa shape index (κ1) is 9.03. The Morgan fingerprint density at radius 2 is 2.00 bits per heavy atom. The van der Waals surface area contributed by atoms with E-state index in [9.17, 15) is 0 Å². The van der Waals surface area contributed by atoms with E-state index in [0.717, 1.165) is 16.9 Å². The molecule has 0 aliphatic rings. The van der Waals surface area contributed by atoms with Crippen LogP contribution in [0.1, 0.15) is 17.3 Å². The number of ether oxygens (including phenoxy) is 1. The van der Waals surface area contributed by atoms with Crippen LogP contribution in [0.5, 0.6) is 5.75 Å². The van der Waals surface area contributed by atoms with Crippen molar-refractivity contribution in [2.45, 2.75) is 13.1 Å². The molecule has 0 saturated carbocycles. The molecule has 0 saturated heterocycles. The van der Waals surface area contributed by atoms with Crippen molar-refractivity contribution in [3.63, 3.8) is 0 Å². The fraction of sp³-hybridized carbons (Fsp3) is 0.333. The summed E-state index contributed by atoms with van der Waals surface area (Å²) >= 11 is 0. The number of rotatable bonds is 2. The van der Waals surface area contributed by atoms with Crippen LogP contribution in [0.15, 0.2) is 18.2 Å². The van der Waals surface area contributed by atoms with Gasteiger partial charge in [-0.3, -0.25) is 0 Å². The zero-order valence-electron chi connectivity index (χ0n) is 7.37. The second-order valence-corrected chi connectivity index (χ2v) is 2.75. The van der Waals surface area contributed by atoms with E-state index in [1.807, 2.05) is 25.1 Å². The van der Waals surface area contributed by atoms with Gasteiger partial charge in [0.15, 0.2) is 0 Å². The molecule has 0 atom stereocenters. The molecule has 1 aromatic rings. The summed E-state index contributed by atoms with van der Waals surface area (Å²) in [4.78, 5) is 0.